The molecule has 3 heteroatoms. The summed E-state index contributed by atoms with van der Waals surface area (Å²) >= 11 is 0. The van der Waals surface area contributed by atoms with Gasteiger partial charge in [-0.2, -0.15) is 0 Å². The number of benzene rings is 1. The Balaban J connectivity index is 2.31. The summed E-state index contributed by atoms with van der Waals surface area (Å²) in [6, 6.07) is 14.3. The fourth-order valence-electron chi connectivity index (χ4n) is 1.80. The summed E-state index contributed by atoms with van der Waals surface area (Å²) in [5.74, 6) is 1.92. The number of nitrogens with zero attached hydrogens (tertiary/aromatic N) is 2. The molecule has 0 saturated heterocycles. The van der Waals surface area contributed by atoms with Crippen LogP contribution in [0.2, 0.25) is 0 Å². The number of nitrogens with two attached hydrogens (primary N) is 1. The SMILES string of the molecule is CN(C)c1ccc(N)n1Cc1ccccc1. The second kappa shape index (κ2) is 4.31. The van der Waals surface area contributed by atoms with Gasteiger partial charge >= 0.3 is 0 Å². The molecule has 1 heterocycles. The van der Waals surface area contributed by atoms with E-state index in [1.54, 1.807) is 0 Å². The van der Waals surface area contributed by atoms with E-state index in [4.69, 9.17) is 5.73 Å². The highest BCUT2D eigenvalue weighted by atomic mass is 15.2. The van der Waals surface area contributed by atoms with Gasteiger partial charge in [-0.3, -0.25) is 0 Å². The van der Waals surface area contributed by atoms with Crippen molar-refractivity contribution >= 4 is 11.6 Å². The third kappa shape index (κ3) is 2.03. The van der Waals surface area contributed by atoms with Crippen LogP contribution in [-0.2, 0) is 6.54 Å². The standard InChI is InChI=1S/C13H17N3/c1-15(2)13-9-8-12(14)16(13)10-11-6-4-3-5-7-11/h3-9H,10,14H2,1-2H3. The minimum atomic E-state index is 0.799. The summed E-state index contributed by atoms with van der Waals surface area (Å²) in [5, 5.41) is 0. The summed E-state index contributed by atoms with van der Waals surface area (Å²) in [5.41, 5.74) is 7.22. The molecule has 1 aromatic carbocycles. The molecule has 0 radical (unpaired) electrons. The van der Waals surface area contributed by atoms with E-state index in [1.165, 1.54) is 5.56 Å². The smallest absolute Gasteiger partial charge is 0.109 e. The molecule has 0 fully saturated rings. The summed E-state index contributed by atoms with van der Waals surface area (Å²) in [4.78, 5) is 2.07. The molecule has 2 rings (SSSR count). The van der Waals surface area contributed by atoms with Crippen LogP contribution in [0.15, 0.2) is 42.5 Å². The molecule has 0 aliphatic heterocycles. The van der Waals surface area contributed by atoms with Gasteiger partial charge in [0.25, 0.3) is 0 Å². The van der Waals surface area contributed by atoms with E-state index in [0.29, 0.717) is 0 Å². The number of anilines is 2. The summed E-state index contributed by atoms with van der Waals surface area (Å²) in [6.07, 6.45) is 0. The van der Waals surface area contributed by atoms with E-state index < -0.39 is 0 Å². The van der Waals surface area contributed by atoms with Gasteiger partial charge in [-0.05, 0) is 17.7 Å². The average molecular weight is 215 g/mol. The number of hydrogen-bond acceptors (Lipinski definition) is 2. The van der Waals surface area contributed by atoms with Crippen molar-refractivity contribution in [1.82, 2.24) is 4.57 Å². The van der Waals surface area contributed by atoms with E-state index in [-0.39, 0.29) is 0 Å². The van der Waals surface area contributed by atoms with Crippen molar-refractivity contribution in [3.05, 3.63) is 48.0 Å². The first-order chi connectivity index (χ1) is 7.68. The lowest BCUT2D eigenvalue weighted by Gasteiger charge is -2.17. The molecular formula is C13H17N3. The monoisotopic (exact) mass is 215 g/mol. The van der Waals surface area contributed by atoms with Gasteiger partial charge < -0.3 is 15.2 Å². The Bertz CT molecular complexity index is 457. The van der Waals surface area contributed by atoms with Crippen molar-refractivity contribution in [2.24, 2.45) is 0 Å². The molecular weight excluding hydrogens is 198 g/mol. The quantitative estimate of drug-likeness (QED) is 0.851. The van der Waals surface area contributed by atoms with Gasteiger partial charge in [-0.25, -0.2) is 0 Å². The molecule has 0 aliphatic rings. The molecule has 0 unspecified atom stereocenters. The third-order valence-corrected chi connectivity index (χ3v) is 2.63. The maximum absolute atomic E-state index is 5.96. The van der Waals surface area contributed by atoms with Crippen LogP contribution in [0.1, 0.15) is 5.56 Å². The first-order valence-electron chi connectivity index (χ1n) is 5.35. The number of nitrogen functional groups attached to an aromatic ring is 1. The van der Waals surface area contributed by atoms with Gasteiger partial charge in [0.2, 0.25) is 0 Å². The van der Waals surface area contributed by atoms with Crippen LogP contribution in [0.5, 0.6) is 0 Å². The van der Waals surface area contributed by atoms with Crippen LogP contribution in [0.3, 0.4) is 0 Å². The number of hydrogen-bond donors (Lipinski definition) is 1. The Kier molecular flexibility index (Phi) is 2.86. The summed E-state index contributed by atoms with van der Waals surface area (Å²) in [7, 11) is 4.05. The molecule has 0 spiro atoms. The third-order valence-electron chi connectivity index (χ3n) is 2.63. The minimum absolute atomic E-state index is 0.799. The van der Waals surface area contributed by atoms with Crippen molar-refractivity contribution < 1.29 is 0 Å². The zero-order valence-corrected chi connectivity index (χ0v) is 9.72. The Hall–Kier alpha value is -1.90. The molecule has 3 nitrogen and oxygen atoms in total. The van der Waals surface area contributed by atoms with Crippen molar-refractivity contribution in [3.63, 3.8) is 0 Å². The van der Waals surface area contributed by atoms with Gasteiger partial charge in [0, 0.05) is 14.1 Å². The zero-order chi connectivity index (χ0) is 11.5. The predicted molar refractivity (Wildman–Crippen MR) is 68.7 cm³/mol. The molecule has 0 aliphatic carbocycles. The molecule has 16 heavy (non-hydrogen) atoms. The lowest BCUT2D eigenvalue weighted by molar-refractivity contribution is 0.799. The zero-order valence-electron chi connectivity index (χ0n) is 9.72. The Morgan fingerprint density at radius 3 is 2.38 bits per heavy atom. The molecule has 0 bridgehead atoms. The van der Waals surface area contributed by atoms with Crippen LogP contribution in [0.25, 0.3) is 0 Å². The summed E-state index contributed by atoms with van der Waals surface area (Å²) < 4.78 is 2.11. The van der Waals surface area contributed by atoms with Gasteiger partial charge in [-0.1, -0.05) is 30.3 Å². The molecule has 0 saturated carbocycles. The largest absolute Gasteiger partial charge is 0.385 e. The van der Waals surface area contributed by atoms with Crippen LogP contribution in [0, 0.1) is 0 Å². The molecule has 0 amide bonds. The predicted octanol–water partition coefficient (Wildman–Crippen LogP) is 2.18. The van der Waals surface area contributed by atoms with Crippen LogP contribution in [0.4, 0.5) is 11.6 Å². The lowest BCUT2D eigenvalue weighted by Crippen LogP contribution is -2.16. The highest BCUT2D eigenvalue weighted by molar-refractivity contribution is 5.50. The van der Waals surface area contributed by atoms with E-state index in [9.17, 15) is 0 Å². The van der Waals surface area contributed by atoms with Crippen molar-refractivity contribution in [1.29, 1.82) is 0 Å². The maximum atomic E-state index is 5.96. The summed E-state index contributed by atoms with van der Waals surface area (Å²) in [6.45, 7) is 0.813. The highest BCUT2D eigenvalue weighted by Gasteiger charge is 2.07. The van der Waals surface area contributed by atoms with Crippen LogP contribution in [-0.4, -0.2) is 18.7 Å². The van der Waals surface area contributed by atoms with Crippen molar-refractivity contribution in [2.75, 3.05) is 24.7 Å². The van der Waals surface area contributed by atoms with Gasteiger partial charge in [0.05, 0.1) is 6.54 Å². The normalized spacial score (nSPS) is 10.4. The Morgan fingerprint density at radius 1 is 1.06 bits per heavy atom. The van der Waals surface area contributed by atoms with E-state index in [1.807, 2.05) is 44.4 Å². The second-order valence-corrected chi connectivity index (χ2v) is 4.08. The van der Waals surface area contributed by atoms with Gasteiger partial charge in [-0.15, -0.1) is 0 Å². The lowest BCUT2D eigenvalue weighted by atomic mass is 10.2. The van der Waals surface area contributed by atoms with Crippen LogP contribution < -0.4 is 10.6 Å². The molecule has 1 aromatic heterocycles. The number of aromatic nitrogens is 1. The van der Waals surface area contributed by atoms with E-state index in [0.717, 1.165) is 18.2 Å². The highest BCUT2D eigenvalue weighted by Crippen LogP contribution is 2.20. The van der Waals surface area contributed by atoms with Crippen LogP contribution >= 0.6 is 0 Å². The second-order valence-electron chi connectivity index (χ2n) is 4.08. The molecule has 0 atom stereocenters. The van der Waals surface area contributed by atoms with E-state index >= 15 is 0 Å². The Labute approximate surface area is 96.1 Å². The minimum Gasteiger partial charge on any atom is -0.385 e. The van der Waals surface area contributed by atoms with E-state index in [2.05, 4.69) is 21.6 Å². The Morgan fingerprint density at radius 2 is 1.75 bits per heavy atom. The maximum Gasteiger partial charge on any atom is 0.109 e. The van der Waals surface area contributed by atoms with Gasteiger partial charge in [0.15, 0.2) is 0 Å². The van der Waals surface area contributed by atoms with Crippen molar-refractivity contribution in [3.8, 4) is 0 Å². The number of rotatable bonds is 3. The van der Waals surface area contributed by atoms with Crippen molar-refractivity contribution in [2.45, 2.75) is 6.54 Å². The fraction of sp³-hybridized carbons (Fsp3) is 0.231. The first kappa shape index (κ1) is 10.6. The molecule has 84 valence electrons. The molecule has 2 aromatic rings. The first-order valence-corrected chi connectivity index (χ1v) is 5.35. The molecule has 2 N–H and O–H groups in total. The topological polar surface area (TPSA) is 34.2 Å². The average Bonchev–Trinajstić information content (AvgIpc) is 2.62. The van der Waals surface area contributed by atoms with Gasteiger partial charge in [0.1, 0.15) is 11.6 Å². The fourth-order valence-corrected chi connectivity index (χ4v) is 1.80.